The van der Waals surface area contributed by atoms with E-state index in [1.54, 1.807) is 13.0 Å². The van der Waals surface area contributed by atoms with Gasteiger partial charge in [0.2, 0.25) is 0 Å². The number of halogens is 1. The van der Waals surface area contributed by atoms with Crippen molar-refractivity contribution in [2.45, 2.75) is 6.92 Å². The number of anilines is 2. The molecule has 2 N–H and O–H groups in total. The van der Waals surface area contributed by atoms with Crippen molar-refractivity contribution < 1.29 is 18.4 Å². The lowest BCUT2D eigenvalue weighted by atomic mass is 10.1. The normalized spacial score (nSPS) is 10.9. The molecule has 0 fully saturated rings. The Balaban J connectivity index is 2.25. The number of amides is 1. The van der Waals surface area contributed by atoms with Gasteiger partial charge >= 0.3 is 0 Å². The van der Waals surface area contributed by atoms with Crippen LogP contribution < -0.4 is 16.4 Å². The number of furan rings is 1. The number of rotatable bonds is 4. The molecule has 130 valence electrons. The first-order valence-electron chi connectivity index (χ1n) is 7.40. The number of hydroxylamine groups is 1. The summed E-state index contributed by atoms with van der Waals surface area (Å²) in [5, 5.41) is 3.04. The number of fused-ring (bicyclic) bond motifs is 1. The number of carbonyl (C=O) groups is 1. The van der Waals surface area contributed by atoms with E-state index in [1.807, 2.05) is 0 Å². The minimum atomic E-state index is -0.631. The lowest BCUT2D eigenvalue weighted by Crippen LogP contribution is -2.28. The fraction of sp³-hybridized carbons (Fsp3) is 0.176. The fourth-order valence-corrected chi connectivity index (χ4v) is 2.58. The highest BCUT2D eigenvalue weighted by atomic mass is 19.1. The number of benzene rings is 1. The molecule has 0 aliphatic carbocycles. The molecule has 0 spiro atoms. The van der Waals surface area contributed by atoms with Gasteiger partial charge in [0.05, 0.1) is 24.4 Å². The van der Waals surface area contributed by atoms with Crippen molar-refractivity contribution in [3.63, 3.8) is 0 Å². The first-order valence-corrected chi connectivity index (χ1v) is 7.40. The Labute approximate surface area is 142 Å². The number of nitrogens with zero attached hydrogens (tertiary/aromatic N) is 1. The third kappa shape index (κ3) is 2.87. The van der Waals surface area contributed by atoms with Gasteiger partial charge in [0.1, 0.15) is 17.2 Å². The standard InChI is InChI=1S/C17H16FN3O4/c1-9-4-5-12(11(18)8-9)19-15-13(16(22)20-24-3)14-10(6-7-25-14)17(23)21(15)2/h4-8,19H,1-3H3,(H,20,22). The van der Waals surface area contributed by atoms with Gasteiger partial charge in [-0.1, -0.05) is 6.07 Å². The second kappa shape index (κ2) is 6.40. The summed E-state index contributed by atoms with van der Waals surface area (Å²) in [5.74, 6) is -1.05. The summed E-state index contributed by atoms with van der Waals surface area (Å²) < 4.78 is 20.7. The van der Waals surface area contributed by atoms with Gasteiger partial charge in [0, 0.05) is 7.05 Å². The number of aryl methyl sites for hydroxylation is 1. The number of hydrogen-bond acceptors (Lipinski definition) is 5. The van der Waals surface area contributed by atoms with Crippen LogP contribution in [0.25, 0.3) is 11.0 Å². The van der Waals surface area contributed by atoms with Crippen LogP contribution in [0.4, 0.5) is 15.9 Å². The maximum Gasteiger partial charge on any atom is 0.282 e. The molecule has 25 heavy (non-hydrogen) atoms. The van der Waals surface area contributed by atoms with Crippen LogP contribution >= 0.6 is 0 Å². The molecule has 2 heterocycles. The van der Waals surface area contributed by atoms with Crippen LogP contribution in [0.5, 0.6) is 0 Å². The van der Waals surface area contributed by atoms with E-state index >= 15 is 0 Å². The number of aromatic nitrogens is 1. The van der Waals surface area contributed by atoms with Crippen molar-refractivity contribution in [1.82, 2.24) is 10.0 Å². The maximum atomic E-state index is 14.2. The van der Waals surface area contributed by atoms with Gasteiger partial charge < -0.3 is 9.73 Å². The maximum absolute atomic E-state index is 14.2. The second-order valence-corrected chi connectivity index (χ2v) is 5.49. The zero-order chi connectivity index (χ0) is 18.1. The number of pyridine rings is 1. The van der Waals surface area contributed by atoms with Crippen LogP contribution in [-0.4, -0.2) is 17.6 Å². The van der Waals surface area contributed by atoms with Gasteiger partial charge in [0.25, 0.3) is 11.5 Å². The summed E-state index contributed by atoms with van der Waals surface area (Å²) >= 11 is 0. The highest BCUT2D eigenvalue weighted by Crippen LogP contribution is 2.28. The van der Waals surface area contributed by atoms with E-state index < -0.39 is 11.7 Å². The van der Waals surface area contributed by atoms with Crippen LogP contribution in [-0.2, 0) is 11.9 Å². The number of nitrogens with one attached hydrogen (secondary N) is 2. The molecule has 3 rings (SSSR count). The van der Waals surface area contributed by atoms with Gasteiger partial charge in [-0.25, -0.2) is 9.87 Å². The molecule has 0 saturated carbocycles. The summed E-state index contributed by atoms with van der Waals surface area (Å²) in [6.07, 6.45) is 1.31. The summed E-state index contributed by atoms with van der Waals surface area (Å²) in [7, 11) is 2.76. The summed E-state index contributed by atoms with van der Waals surface area (Å²) in [6.45, 7) is 1.76. The van der Waals surface area contributed by atoms with E-state index in [4.69, 9.17) is 4.42 Å². The molecule has 1 aromatic carbocycles. The molecule has 0 radical (unpaired) electrons. The number of carbonyl (C=O) groups excluding carboxylic acids is 1. The lowest BCUT2D eigenvalue weighted by Gasteiger charge is -2.16. The van der Waals surface area contributed by atoms with E-state index in [1.165, 1.54) is 43.2 Å². The Morgan fingerprint density at radius 2 is 2.08 bits per heavy atom. The fourth-order valence-electron chi connectivity index (χ4n) is 2.58. The molecule has 7 nitrogen and oxygen atoms in total. The predicted molar refractivity (Wildman–Crippen MR) is 90.3 cm³/mol. The predicted octanol–water partition coefficient (Wildman–Crippen LogP) is 2.61. The van der Waals surface area contributed by atoms with Crippen molar-refractivity contribution in [2.24, 2.45) is 7.05 Å². The van der Waals surface area contributed by atoms with Gasteiger partial charge in [0.15, 0.2) is 5.58 Å². The van der Waals surface area contributed by atoms with Crippen molar-refractivity contribution in [2.75, 3.05) is 12.4 Å². The summed E-state index contributed by atoms with van der Waals surface area (Å²) in [6, 6.07) is 6.06. The minimum Gasteiger partial charge on any atom is -0.463 e. The topological polar surface area (TPSA) is 85.5 Å². The Morgan fingerprint density at radius 3 is 2.76 bits per heavy atom. The van der Waals surface area contributed by atoms with Crippen LogP contribution in [0.2, 0.25) is 0 Å². The Morgan fingerprint density at radius 1 is 1.32 bits per heavy atom. The highest BCUT2D eigenvalue weighted by Gasteiger charge is 2.24. The van der Waals surface area contributed by atoms with Gasteiger partial charge in [-0.3, -0.25) is 19.0 Å². The first kappa shape index (κ1) is 16.7. The monoisotopic (exact) mass is 345 g/mol. The van der Waals surface area contributed by atoms with Crippen molar-refractivity contribution in [1.29, 1.82) is 0 Å². The molecule has 0 aliphatic heterocycles. The van der Waals surface area contributed by atoms with Crippen LogP contribution in [0, 0.1) is 12.7 Å². The van der Waals surface area contributed by atoms with E-state index in [0.29, 0.717) is 0 Å². The third-order valence-electron chi connectivity index (χ3n) is 3.80. The van der Waals surface area contributed by atoms with Crippen LogP contribution in [0.15, 0.2) is 39.7 Å². The van der Waals surface area contributed by atoms with Crippen molar-refractivity contribution >= 4 is 28.4 Å². The first-order chi connectivity index (χ1) is 11.9. The molecule has 1 amide bonds. The zero-order valence-electron chi connectivity index (χ0n) is 13.8. The molecule has 8 heteroatoms. The Bertz CT molecular complexity index is 1020. The average Bonchev–Trinajstić information content (AvgIpc) is 3.04. The van der Waals surface area contributed by atoms with Crippen LogP contribution in [0.3, 0.4) is 0 Å². The molecule has 0 unspecified atom stereocenters. The van der Waals surface area contributed by atoms with Crippen LogP contribution in [0.1, 0.15) is 15.9 Å². The molecule has 0 aliphatic rings. The van der Waals surface area contributed by atoms with Gasteiger partial charge in [-0.05, 0) is 30.7 Å². The smallest absolute Gasteiger partial charge is 0.282 e. The molecule has 0 bridgehead atoms. The lowest BCUT2D eigenvalue weighted by molar-refractivity contribution is 0.0538. The van der Waals surface area contributed by atoms with Crippen molar-refractivity contribution in [3.05, 3.63) is 57.8 Å². The van der Waals surface area contributed by atoms with E-state index in [2.05, 4.69) is 15.6 Å². The third-order valence-corrected chi connectivity index (χ3v) is 3.80. The van der Waals surface area contributed by atoms with E-state index in [0.717, 1.165) is 5.56 Å². The molecular weight excluding hydrogens is 329 g/mol. The van der Waals surface area contributed by atoms with E-state index in [9.17, 15) is 14.0 Å². The Hall–Kier alpha value is -3.13. The molecule has 2 aromatic heterocycles. The summed E-state index contributed by atoms with van der Waals surface area (Å²) in [5.41, 5.74) is 2.80. The van der Waals surface area contributed by atoms with Gasteiger partial charge in [-0.2, -0.15) is 0 Å². The largest absolute Gasteiger partial charge is 0.463 e. The van der Waals surface area contributed by atoms with Crippen molar-refractivity contribution in [3.8, 4) is 0 Å². The minimum absolute atomic E-state index is 0.0314. The molecule has 0 atom stereocenters. The zero-order valence-corrected chi connectivity index (χ0v) is 13.8. The van der Waals surface area contributed by atoms with Gasteiger partial charge in [-0.15, -0.1) is 0 Å². The quantitative estimate of drug-likeness (QED) is 0.710. The second-order valence-electron chi connectivity index (χ2n) is 5.49. The van der Waals surface area contributed by atoms with E-state index in [-0.39, 0.29) is 33.6 Å². The SMILES string of the molecule is CONC(=O)c1c(Nc2ccc(C)cc2F)n(C)c(=O)c2ccoc12. The molecule has 3 aromatic rings. The summed E-state index contributed by atoms with van der Waals surface area (Å²) in [4.78, 5) is 29.6. The average molecular weight is 345 g/mol. The molecule has 0 saturated heterocycles. The molecular formula is C17H16FN3O4. The number of hydrogen-bond donors (Lipinski definition) is 2. The Kier molecular flexibility index (Phi) is 4.28. The highest BCUT2D eigenvalue weighted by molar-refractivity contribution is 6.09.